The van der Waals surface area contributed by atoms with Gasteiger partial charge >= 0.3 is 6.09 Å². The second-order valence-electron chi connectivity index (χ2n) is 8.63. The van der Waals surface area contributed by atoms with Crippen molar-refractivity contribution < 1.29 is 33.7 Å². The van der Waals surface area contributed by atoms with Crippen LogP contribution >= 0.6 is 0 Å². The summed E-state index contributed by atoms with van der Waals surface area (Å²) in [5, 5.41) is 9.64. The molecule has 9 nitrogen and oxygen atoms in total. The van der Waals surface area contributed by atoms with Gasteiger partial charge in [-0.2, -0.15) is 0 Å². The Labute approximate surface area is 216 Å². The Hall–Kier alpha value is -4.11. The van der Waals surface area contributed by atoms with Crippen LogP contribution in [0.25, 0.3) is 12.2 Å². The lowest BCUT2D eigenvalue weighted by atomic mass is 10.1. The van der Waals surface area contributed by atoms with Gasteiger partial charge in [-0.15, -0.1) is 0 Å². The summed E-state index contributed by atoms with van der Waals surface area (Å²) in [5.74, 6) is 0.219. The molecule has 0 atom stereocenters. The zero-order valence-corrected chi connectivity index (χ0v) is 21.3. The third kappa shape index (κ3) is 8.22. The SMILES string of the molecule is COc1cc(C=CC(=O)CC(=O)C=Cc2ccc(OC(=O)N3CCCN(C)CC3)c(OC)c2)ccc1O. The number of hydrogen-bond acceptors (Lipinski definition) is 8. The molecule has 3 rings (SSSR count). The van der Waals surface area contributed by atoms with Gasteiger partial charge in [-0.3, -0.25) is 9.59 Å². The first kappa shape index (κ1) is 27.5. The van der Waals surface area contributed by atoms with Gasteiger partial charge in [0.15, 0.2) is 34.6 Å². The summed E-state index contributed by atoms with van der Waals surface area (Å²) in [6, 6.07) is 9.65. The number of likely N-dealkylation sites (N-methyl/N-ethyl adjacent to an activating group) is 1. The highest BCUT2D eigenvalue weighted by Gasteiger charge is 2.20. The fraction of sp³-hybridized carbons (Fsp3) is 0.321. The normalized spacial score (nSPS) is 14.5. The zero-order valence-electron chi connectivity index (χ0n) is 21.3. The molecule has 0 radical (unpaired) electrons. The molecular formula is C28H32N2O7. The van der Waals surface area contributed by atoms with E-state index in [-0.39, 0.29) is 23.7 Å². The van der Waals surface area contributed by atoms with E-state index < -0.39 is 6.09 Å². The van der Waals surface area contributed by atoms with E-state index in [9.17, 15) is 19.5 Å². The van der Waals surface area contributed by atoms with E-state index in [0.29, 0.717) is 41.5 Å². The number of aromatic hydroxyl groups is 1. The maximum absolute atomic E-state index is 12.6. The maximum Gasteiger partial charge on any atom is 0.415 e. The number of carbonyl (C=O) groups is 3. The highest BCUT2D eigenvalue weighted by molar-refractivity contribution is 6.10. The van der Waals surface area contributed by atoms with Gasteiger partial charge in [-0.25, -0.2) is 4.79 Å². The Balaban J connectivity index is 1.57. The van der Waals surface area contributed by atoms with Crippen molar-refractivity contribution in [2.75, 3.05) is 47.4 Å². The molecule has 1 heterocycles. The van der Waals surface area contributed by atoms with Crippen LogP contribution < -0.4 is 14.2 Å². The smallest absolute Gasteiger partial charge is 0.415 e. The molecule has 0 aromatic heterocycles. The summed E-state index contributed by atoms with van der Waals surface area (Å²) >= 11 is 0. The van der Waals surface area contributed by atoms with Crippen molar-refractivity contribution >= 4 is 29.8 Å². The molecule has 196 valence electrons. The van der Waals surface area contributed by atoms with Crippen LogP contribution in [-0.4, -0.2) is 80.0 Å². The van der Waals surface area contributed by atoms with Gasteiger partial charge in [0.05, 0.1) is 20.6 Å². The molecule has 0 bridgehead atoms. The molecular weight excluding hydrogens is 476 g/mol. The van der Waals surface area contributed by atoms with Gasteiger partial charge in [0.25, 0.3) is 0 Å². The second kappa shape index (κ2) is 13.3. The van der Waals surface area contributed by atoms with Gasteiger partial charge in [-0.05, 0) is 67.6 Å². The number of hydrogen-bond donors (Lipinski definition) is 1. The third-order valence-corrected chi connectivity index (χ3v) is 5.84. The van der Waals surface area contributed by atoms with E-state index in [4.69, 9.17) is 14.2 Å². The molecule has 37 heavy (non-hydrogen) atoms. The molecule has 1 saturated heterocycles. The summed E-state index contributed by atoms with van der Waals surface area (Å²) in [5.41, 5.74) is 1.31. The summed E-state index contributed by atoms with van der Waals surface area (Å²) in [4.78, 5) is 40.9. The van der Waals surface area contributed by atoms with Gasteiger partial charge in [0, 0.05) is 19.6 Å². The second-order valence-corrected chi connectivity index (χ2v) is 8.63. The molecule has 1 aliphatic heterocycles. The number of methoxy groups -OCH3 is 2. The van der Waals surface area contributed by atoms with Crippen molar-refractivity contribution in [3.63, 3.8) is 0 Å². The van der Waals surface area contributed by atoms with E-state index in [1.165, 1.54) is 32.4 Å². The lowest BCUT2D eigenvalue weighted by molar-refractivity contribution is -0.121. The summed E-state index contributed by atoms with van der Waals surface area (Å²) in [6.45, 7) is 2.94. The molecule has 1 fully saturated rings. The van der Waals surface area contributed by atoms with E-state index in [1.807, 2.05) is 7.05 Å². The Morgan fingerprint density at radius 1 is 0.838 bits per heavy atom. The number of nitrogens with zero attached hydrogens (tertiary/aromatic N) is 2. The first-order valence-corrected chi connectivity index (χ1v) is 11.9. The molecule has 0 saturated carbocycles. The topological polar surface area (TPSA) is 106 Å². The minimum atomic E-state index is -0.426. The van der Waals surface area contributed by atoms with Crippen molar-refractivity contribution in [2.24, 2.45) is 0 Å². The largest absolute Gasteiger partial charge is 0.504 e. The number of allylic oxidation sites excluding steroid dienone is 2. The predicted octanol–water partition coefficient (Wildman–Crippen LogP) is 3.80. The average Bonchev–Trinajstić information content (AvgIpc) is 3.11. The van der Waals surface area contributed by atoms with Crippen molar-refractivity contribution in [3.05, 3.63) is 59.7 Å². The van der Waals surface area contributed by atoms with Crippen LogP contribution in [-0.2, 0) is 9.59 Å². The van der Waals surface area contributed by atoms with Gasteiger partial charge < -0.3 is 29.1 Å². The van der Waals surface area contributed by atoms with Crippen molar-refractivity contribution in [3.8, 4) is 23.0 Å². The standard InChI is InChI=1S/C28H32N2O7/c1-29-13-4-14-30(16-15-29)28(34)37-25-12-8-21(18-27(25)36-3)6-10-23(32)19-22(31)9-5-20-7-11-24(33)26(17-20)35-2/h5-12,17-18,33H,4,13-16,19H2,1-3H3. The lowest BCUT2D eigenvalue weighted by Gasteiger charge is -2.20. The molecule has 1 N–H and O–H groups in total. The number of ketones is 2. The van der Waals surface area contributed by atoms with Gasteiger partial charge in [0.2, 0.25) is 0 Å². The Morgan fingerprint density at radius 2 is 1.46 bits per heavy atom. The minimum absolute atomic E-state index is 0.000411. The van der Waals surface area contributed by atoms with E-state index >= 15 is 0 Å². The van der Waals surface area contributed by atoms with Crippen LogP contribution in [0.3, 0.4) is 0 Å². The zero-order chi connectivity index (χ0) is 26.8. The van der Waals surface area contributed by atoms with Crippen molar-refractivity contribution in [1.82, 2.24) is 9.80 Å². The van der Waals surface area contributed by atoms with Crippen LogP contribution in [0.4, 0.5) is 4.79 Å². The first-order chi connectivity index (χ1) is 17.8. The Bertz CT molecular complexity index is 1190. The number of benzene rings is 2. The van der Waals surface area contributed by atoms with Crippen LogP contribution in [0.5, 0.6) is 23.0 Å². The lowest BCUT2D eigenvalue weighted by Crippen LogP contribution is -2.36. The highest BCUT2D eigenvalue weighted by atomic mass is 16.6. The molecule has 2 aromatic carbocycles. The van der Waals surface area contributed by atoms with Gasteiger partial charge in [0.1, 0.15) is 0 Å². The summed E-state index contributed by atoms with van der Waals surface area (Å²) in [6.07, 6.45) is 5.92. The molecule has 1 amide bonds. The fourth-order valence-corrected chi connectivity index (χ4v) is 3.73. The Kier molecular flexibility index (Phi) is 9.85. The fourth-order valence-electron chi connectivity index (χ4n) is 3.73. The summed E-state index contributed by atoms with van der Waals surface area (Å²) < 4.78 is 16.0. The van der Waals surface area contributed by atoms with E-state index in [1.54, 1.807) is 47.4 Å². The number of amides is 1. The van der Waals surface area contributed by atoms with Crippen LogP contribution in [0.1, 0.15) is 24.0 Å². The molecule has 0 unspecified atom stereocenters. The van der Waals surface area contributed by atoms with Crippen LogP contribution in [0, 0.1) is 0 Å². The number of carbonyl (C=O) groups excluding carboxylic acids is 3. The third-order valence-electron chi connectivity index (χ3n) is 5.84. The highest BCUT2D eigenvalue weighted by Crippen LogP contribution is 2.29. The molecule has 1 aliphatic rings. The molecule has 2 aromatic rings. The monoisotopic (exact) mass is 508 g/mol. The minimum Gasteiger partial charge on any atom is -0.504 e. The predicted molar refractivity (Wildman–Crippen MR) is 140 cm³/mol. The average molecular weight is 509 g/mol. The molecule has 0 aliphatic carbocycles. The number of ether oxygens (including phenoxy) is 3. The van der Waals surface area contributed by atoms with Crippen molar-refractivity contribution in [1.29, 1.82) is 0 Å². The summed E-state index contributed by atoms with van der Waals surface area (Å²) in [7, 11) is 4.93. The maximum atomic E-state index is 12.6. The van der Waals surface area contributed by atoms with Crippen molar-refractivity contribution in [2.45, 2.75) is 12.8 Å². The Morgan fingerprint density at radius 3 is 2.11 bits per heavy atom. The van der Waals surface area contributed by atoms with Crippen LogP contribution in [0.15, 0.2) is 48.6 Å². The first-order valence-electron chi connectivity index (χ1n) is 11.9. The van der Waals surface area contributed by atoms with E-state index in [2.05, 4.69) is 4.90 Å². The molecule has 9 heteroatoms. The number of rotatable bonds is 9. The van der Waals surface area contributed by atoms with Crippen LogP contribution in [0.2, 0.25) is 0 Å². The quantitative estimate of drug-likeness (QED) is 0.403. The van der Waals surface area contributed by atoms with E-state index in [0.717, 1.165) is 19.5 Å². The number of phenolic OH excluding ortho intramolecular Hbond substituents is 1. The molecule has 0 spiro atoms. The van der Waals surface area contributed by atoms with Gasteiger partial charge in [-0.1, -0.05) is 24.3 Å². The number of phenols is 1.